The van der Waals surface area contributed by atoms with E-state index in [0.29, 0.717) is 6.07 Å². The van der Waals surface area contributed by atoms with Crippen LogP contribution in [0.4, 0.5) is 17.6 Å². The van der Waals surface area contributed by atoms with E-state index in [9.17, 15) is 27.2 Å². The zero-order valence-corrected chi connectivity index (χ0v) is 18.1. The van der Waals surface area contributed by atoms with E-state index >= 15 is 0 Å². The van der Waals surface area contributed by atoms with Gasteiger partial charge in [-0.25, -0.2) is 9.18 Å². The minimum Gasteiger partial charge on any atom is -0.466 e. The van der Waals surface area contributed by atoms with E-state index in [0.717, 1.165) is 0 Å². The van der Waals surface area contributed by atoms with Crippen LogP contribution in [-0.4, -0.2) is 25.2 Å². The Bertz CT molecular complexity index is 1180. The zero-order valence-electron chi connectivity index (χ0n) is 17.3. The van der Waals surface area contributed by atoms with E-state index in [1.807, 2.05) is 0 Å². The van der Waals surface area contributed by atoms with Gasteiger partial charge in [-0.15, -0.1) is 0 Å². The van der Waals surface area contributed by atoms with Gasteiger partial charge in [-0.05, 0) is 44.2 Å². The fourth-order valence-corrected chi connectivity index (χ4v) is 3.27. The van der Waals surface area contributed by atoms with Gasteiger partial charge in [0.15, 0.2) is 11.6 Å². The van der Waals surface area contributed by atoms with Crippen molar-refractivity contribution in [3.05, 3.63) is 58.1 Å². The SMILES string of the molecule is CCOC(=O)Cc1c(C(=O)OCC)oc2ccc(Oc3c(F)cc(C(F)(F)F)cc3Cl)cc12. The van der Waals surface area contributed by atoms with Gasteiger partial charge < -0.3 is 18.6 Å². The molecular weight excluding hydrogens is 472 g/mol. The third-order valence-electron chi connectivity index (χ3n) is 4.40. The Kier molecular flexibility index (Phi) is 7.16. The molecule has 0 spiro atoms. The minimum atomic E-state index is -4.79. The molecule has 0 N–H and O–H groups in total. The van der Waals surface area contributed by atoms with E-state index in [1.165, 1.54) is 18.2 Å². The molecule has 33 heavy (non-hydrogen) atoms. The zero-order chi connectivity index (χ0) is 24.3. The Labute approximate surface area is 190 Å². The minimum absolute atomic E-state index is 0.0237. The number of carbonyl (C=O) groups excluding carboxylic acids is 2. The quantitative estimate of drug-likeness (QED) is 0.286. The van der Waals surface area contributed by atoms with Gasteiger partial charge in [0.25, 0.3) is 0 Å². The Balaban J connectivity index is 2.04. The Hall–Kier alpha value is -3.27. The summed E-state index contributed by atoms with van der Waals surface area (Å²) in [5, 5.41) is -0.319. The molecule has 6 nitrogen and oxygen atoms in total. The Morgan fingerprint density at radius 2 is 1.76 bits per heavy atom. The second kappa shape index (κ2) is 9.70. The standard InChI is InChI=1S/C22H17ClF4O6/c1-3-30-18(28)10-14-13-9-12(5-6-17(13)33-19(14)21(29)31-4-2)32-20-15(23)7-11(8-16(20)24)22(25,26)27/h5-9H,3-4,10H2,1-2H3. The van der Waals surface area contributed by atoms with Crippen molar-refractivity contribution in [2.75, 3.05) is 13.2 Å². The van der Waals surface area contributed by atoms with Gasteiger partial charge in [-0.3, -0.25) is 4.79 Å². The van der Waals surface area contributed by atoms with Crippen LogP contribution in [0.5, 0.6) is 11.5 Å². The monoisotopic (exact) mass is 488 g/mol. The summed E-state index contributed by atoms with van der Waals surface area (Å²) in [4.78, 5) is 24.4. The van der Waals surface area contributed by atoms with Gasteiger partial charge >= 0.3 is 18.1 Å². The van der Waals surface area contributed by atoms with Crippen molar-refractivity contribution in [1.82, 2.24) is 0 Å². The maximum atomic E-state index is 14.3. The molecule has 0 saturated heterocycles. The number of alkyl halides is 3. The number of hydrogen-bond donors (Lipinski definition) is 0. The lowest BCUT2D eigenvalue weighted by Crippen LogP contribution is -2.12. The summed E-state index contributed by atoms with van der Waals surface area (Å²) in [6.45, 7) is 3.39. The summed E-state index contributed by atoms with van der Waals surface area (Å²) in [7, 11) is 0. The molecule has 0 aliphatic rings. The first-order chi connectivity index (χ1) is 15.5. The fourth-order valence-electron chi connectivity index (χ4n) is 3.02. The van der Waals surface area contributed by atoms with Gasteiger partial charge in [0.05, 0.1) is 30.2 Å². The number of halogens is 5. The molecule has 0 aliphatic carbocycles. The molecule has 176 valence electrons. The highest BCUT2D eigenvalue weighted by molar-refractivity contribution is 6.32. The molecule has 0 atom stereocenters. The number of furan rings is 1. The lowest BCUT2D eigenvalue weighted by atomic mass is 10.1. The summed E-state index contributed by atoms with van der Waals surface area (Å²) >= 11 is 5.82. The van der Waals surface area contributed by atoms with Crippen LogP contribution in [0.1, 0.15) is 35.5 Å². The average molecular weight is 489 g/mol. The molecule has 3 aromatic rings. The van der Waals surface area contributed by atoms with Gasteiger partial charge in [0.2, 0.25) is 5.76 Å². The van der Waals surface area contributed by atoms with E-state index in [1.54, 1.807) is 13.8 Å². The highest BCUT2D eigenvalue weighted by Crippen LogP contribution is 2.39. The lowest BCUT2D eigenvalue weighted by Gasteiger charge is -2.12. The van der Waals surface area contributed by atoms with Crippen LogP contribution in [0.3, 0.4) is 0 Å². The molecule has 0 bridgehead atoms. The molecule has 1 heterocycles. The number of rotatable bonds is 7. The van der Waals surface area contributed by atoms with Crippen LogP contribution in [-0.2, 0) is 26.9 Å². The number of benzene rings is 2. The first kappa shape index (κ1) is 24.4. The van der Waals surface area contributed by atoms with Crippen LogP contribution in [0.25, 0.3) is 11.0 Å². The van der Waals surface area contributed by atoms with E-state index in [4.69, 9.17) is 30.2 Å². The third-order valence-corrected chi connectivity index (χ3v) is 4.68. The van der Waals surface area contributed by atoms with Crippen molar-refractivity contribution in [1.29, 1.82) is 0 Å². The predicted molar refractivity (Wildman–Crippen MR) is 109 cm³/mol. The van der Waals surface area contributed by atoms with Crippen LogP contribution in [0.2, 0.25) is 5.02 Å². The molecule has 0 saturated carbocycles. The van der Waals surface area contributed by atoms with Crippen LogP contribution in [0, 0.1) is 5.82 Å². The first-order valence-electron chi connectivity index (χ1n) is 9.67. The van der Waals surface area contributed by atoms with Gasteiger partial charge in [0, 0.05) is 10.9 Å². The van der Waals surface area contributed by atoms with Crippen molar-refractivity contribution in [3.63, 3.8) is 0 Å². The number of hydrogen-bond acceptors (Lipinski definition) is 6. The molecular formula is C22H17ClF4O6. The van der Waals surface area contributed by atoms with Gasteiger partial charge in [0.1, 0.15) is 11.3 Å². The number of esters is 2. The highest BCUT2D eigenvalue weighted by Gasteiger charge is 2.33. The van der Waals surface area contributed by atoms with Crippen molar-refractivity contribution in [2.45, 2.75) is 26.4 Å². The van der Waals surface area contributed by atoms with Crippen LogP contribution >= 0.6 is 11.6 Å². The molecule has 3 rings (SSSR count). The summed E-state index contributed by atoms with van der Waals surface area (Å²) in [6.07, 6.45) is -5.11. The lowest BCUT2D eigenvalue weighted by molar-refractivity contribution is -0.142. The Morgan fingerprint density at radius 1 is 1.06 bits per heavy atom. The maximum Gasteiger partial charge on any atom is 0.416 e. The summed E-state index contributed by atoms with van der Waals surface area (Å²) < 4.78 is 73.7. The largest absolute Gasteiger partial charge is 0.466 e. The third kappa shape index (κ3) is 5.39. The topological polar surface area (TPSA) is 75.0 Å². The van der Waals surface area contributed by atoms with Gasteiger partial charge in [-0.2, -0.15) is 13.2 Å². The van der Waals surface area contributed by atoms with Crippen molar-refractivity contribution < 1.29 is 45.8 Å². The summed E-state index contributed by atoms with van der Waals surface area (Å²) in [5.74, 6) is -3.60. The predicted octanol–water partition coefficient (Wildman–Crippen LogP) is 6.32. The molecule has 0 fully saturated rings. The average Bonchev–Trinajstić information content (AvgIpc) is 3.08. The first-order valence-corrected chi connectivity index (χ1v) is 10.0. The normalized spacial score (nSPS) is 11.5. The molecule has 0 radical (unpaired) electrons. The molecule has 0 aliphatic heterocycles. The molecule has 0 unspecified atom stereocenters. The van der Waals surface area contributed by atoms with Crippen molar-refractivity contribution in [2.24, 2.45) is 0 Å². The molecule has 2 aromatic carbocycles. The molecule has 1 aromatic heterocycles. The van der Waals surface area contributed by atoms with Crippen LogP contribution < -0.4 is 4.74 Å². The van der Waals surface area contributed by atoms with Crippen LogP contribution in [0.15, 0.2) is 34.7 Å². The highest BCUT2D eigenvalue weighted by atomic mass is 35.5. The van der Waals surface area contributed by atoms with Gasteiger partial charge in [-0.1, -0.05) is 11.6 Å². The van der Waals surface area contributed by atoms with Crippen molar-refractivity contribution in [3.8, 4) is 11.5 Å². The fraction of sp³-hybridized carbons (Fsp3) is 0.273. The summed E-state index contributed by atoms with van der Waals surface area (Å²) in [6, 6.07) is 4.87. The molecule has 11 heteroatoms. The smallest absolute Gasteiger partial charge is 0.416 e. The number of fused-ring (bicyclic) bond motifs is 1. The van der Waals surface area contributed by atoms with E-state index < -0.39 is 40.3 Å². The second-order valence-corrected chi connectivity index (χ2v) is 7.05. The number of ether oxygens (including phenoxy) is 3. The summed E-state index contributed by atoms with van der Waals surface area (Å²) in [5.41, 5.74) is -0.909. The van der Waals surface area contributed by atoms with E-state index in [2.05, 4.69) is 0 Å². The van der Waals surface area contributed by atoms with Crippen molar-refractivity contribution >= 4 is 34.5 Å². The number of carbonyl (C=O) groups is 2. The second-order valence-electron chi connectivity index (χ2n) is 6.64. The van der Waals surface area contributed by atoms with E-state index in [-0.39, 0.29) is 53.7 Å². The Morgan fingerprint density at radius 3 is 2.36 bits per heavy atom. The maximum absolute atomic E-state index is 14.3. The molecule has 0 amide bonds.